The van der Waals surface area contributed by atoms with Gasteiger partial charge in [-0.1, -0.05) is 24.3 Å². The van der Waals surface area contributed by atoms with Crippen LogP contribution >= 0.6 is 0 Å². The molecule has 0 aliphatic carbocycles. The van der Waals surface area contributed by atoms with Crippen molar-refractivity contribution in [2.24, 2.45) is 5.92 Å². The van der Waals surface area contributed by atoms with Crippen LogP contribution in [0.3, 0.4) is 0 Å². The molecule has 1 N–H and O–H groups in total. The Morgan fingerprint density at radius 1 is 1.03 bits per heavy atom. The minimum absolute atomic E-state index is 0.0160. The van der Waals surface area contributed by atoms with Crippen LogP contribution in [0, 0.1) is 33.6 Å². The van der Waals surface area contributed by atoms with Gasteiger partial charge < -0.3 is 10.2 Å². The molecule has 174 valence electrons. The first-order valence-corrected chi connectivity index (χ1v) is 12.7. The van der Waals surface area contributed by atoms with E-state index in [0.29, 0.717) is 43.9 Å². The van der Waals surface area contributed by atoms with Gasteiger partial charge in [-0.3, -0.25) is 4.79 Å². The van der Waals surface area contributed by atoms with E-state index < -0.39 is 10.0 Å². The summed E-state index contributed by atoms with van der Waals surface area (Å²) in [5, 5.41) is 3.02. The van der Waals surface area contributed by atoms with Crippen molar-refractivity contribution >= 4 is 21.6 Å². The van der Waals surface area contributed by atoms with E-state index in [1.165, 1.54) is 0 Å². The number of amides is 1. The molecule has 32 heavy (non-hydrogen) atoms. The van der Waals surface area contributed by atoms with Crippen LogP contribution in [0.5, 0.6) is 0 Å². The largest absolute Gasteiger partial charge is 0.373 e. The molecule has 2 aromatic rings. The van der Waals surface area contributed by atoms with Crippen LogP contribution in [0.4, 0.5) is 5.69 Å². The predicted molar refractivity (Wildman–Crippen MR) is 130 cm³/mol. The van der Waals surface area contributed by atoms with Gasteiger partial charge in [0.2, 0.25) is 15.9 Å². The van der Waals surface area contributed by atoms with Crippen molar-refractivity contribution in [1.82, 2.24) is 9.62 Å². The number of carbonyl (C=O) groups excluding carboxylic acids is 1. The fourth-order valence-corrected chi connectivity index (χ4v) is 6.40. The SMILES string of the molecule is Cc1cc(C)c(C)c(S(=O)(=O)N2CCC(C(=O)NCCN(C)c3ccccc3)CC2)c1C. The molecule has 1 fully saturated rings. The number of rotatable bonds is 7. The summed E-state index contributed by atoms with van der Waals surface area (Å²) in [4.78, 5) is 15.2. The predicted octanol–water partition coefficient (Wildman–Crippen LogP) is 3.57. The third-order valence-corrected chi connectivity index (χ3v) is 8.84. The van der Waals surface area contributed by atoms with Crippen molar-refractivity contribution in [3.8, 4) is 0 Å². The Morgan fingerprint density at radius 2 is 1.59 bits per heavy atom. The lowest BCUT2D eigenvalue weighted by Crippen LogP contribution is -2.44. The molecule has 6 nitrogen and oxygen atoms in total. The standard InChI is InChI=1S/C25H35N3O3S/c1-18-17-19(2)21(4)24(20(18)3)32(30,31)28-14-11-22(12-15-28)25(29)26-13-16-27(5)23-9-7-6-8-10-23/h6-10,17,22H,11-16H2,1-5H3,(H,26,29). The second-order valence-corrected chi connectivity index (χ2v) is 10.7. The molecular weight excluding hydrogens is 422 g/mol. The highest BCUT2D eigenvalue weighted by molar-refractivity contribution is 7.89. The fourth-order valence-electron chi connectivity index (χ4n) is 4.36. The minimum atomic E-state index is -3.58. The molecule has 2 aromatic carbocycles. The second kappa shape index (κ2) is 10.0. The summed E-state index contributed by atoms with van der Waals surface area (Å²) in [5.74, 6) is -0.132. The molecule has 1 aliphatic heterocycles. The van der Waals surface area contributed by atoms with Crippen LogP contribution in [-0.2, 0) is 14.8 Å². The molecule has 0 aromatic heterocycles. The Hall–Kier alpha value is -2.38. The van der Waals surface area contributed by atoms with Crippen LogP contribution in [0.15, 0.2) is 41.3 Å². The van der Waals surface area contributed by atoms with Crippen molar-refractivity contribution < 1.29 is 13.2 Å². The molecule has 0 saturated carbocycles. The Bertz CT molecular complexity index is 1030. The maximum Gasteiger partial charge on any atom is 0.243 e. The van der Waals surface area contributed by atoms with Gasteiger partial charge >= 0.3 is 0 Å². The summed E-state index contributed by atoms with van der Waals surface area (Å²) < 4.78 is 28.4. The number of nitrogens with zero attached hydrogens (tertiary/aromatic N) is 2. The maximum atomic E-state index is 13.4. The van der Waals surface area contributed by atoms with Crippen LogP contribution in [0.25, 0.3) is 0 Å². The van der Waals surface area contributed by atoms with E-state index in [1.54, 1.807) is 4.31 Å². The molecule has 1 saturated heterocycles. The zero-order chi connectivity index (χ0) is 23.5. The summed E-state index contributed by atoms with van der Waals surface area (Å²) in [6, 6.07) is 12.1. The minimum Gasteiger partial charge on any atom is -0.373 e. The Labute approximate surface area is 192 Å². The first-order chi connectivity index (χ1) is 15.1. The lowest BCUT2D eigenvalue weighted by atomic mass is 9.97. The Kier molecular flexibility index (Phi) is 7.62. The number of anilines is 1. The monoisotopic (exact) mass is 457 g/mol. The summed E-state index contributed by atoms with van der Waals surface area (Å²) in [6.07, 6.45) is 1.09. The molecule has 7 heteroatoms. The molecule has 0 radical (unpaired) electrons. The quantitative estimate of drug-likeness (QED) is 0.690. The number of hydrogen-bond donors (Lipinski definition) is 1. The lowest BCUT2D eigenvalue weighted by molar-refractivity contribution is -0.126. The van der Waals surface area contributed by atoms with Crippen LogP contribution in [0.1, 0.15) is 35.1 Å². The van der Waals surface area contributed by atoms with E-state index in [9.17, 15) is 13.2 Å². The highest BCUT2D eigenvalue weighted by atomic mass is 32.2. The van der Waals surface area contributed by atoms with Crippen LogP contribution in [-0.4, -0.2) is 51.9 Å². The molecule has 3 rings (SSSR count). The number of para-hydroxylation sites is 1. The normalized spacial score (nSPS) is 15.5. The van der Waals surface area contributed by atoms with Gasteiger partial charge in [0.25, 0.3) is 0 Å². The average molecular weight is 458 g/mol. The molecule has 0 atom stereocenters. The van der Waals surface area contributed by atoms with Gasteiger partial charge in [-0.15, -0.1) is 0 Å². The summed E-state index contributed by atoms with van der Waals surface area (Å²) in [6.45, 7) is 9.67. The molecule has 1 heterocycles. The van der Waals surface area contributed by atoms with Gasteiger partial charge in [0.15, 0.2) is 0 Å². The third-order valence-electron chi connectivity index (χ3n) is 6.66. The van der Waals surface area contributed by atoms with Crippen molar-refractivity contribution in [2.45, 2.75) is 45.4 Å². The van der Waals surface area contributed by atoms with Crippen molar-refractivity contribution in [2.75, 3.05) is 38.1 Å². The zero-order valence-corrected chi connectivity index (χ0v) is 20.6. The Morgan fingerprint density at radius 3 is 2.16 bits per heavy atom. The first-order valence-electron chi connectivity index (χ1n) is 11.2. The summed E-state index contributed by atoms with van der Waals surface area (Å²) in [5.41, 5.74) is 4.71. The van der Waals surface area contributed by atoms with E-state index in [4.69, 9.17) is 0 Å². The van der Waals surface area contributed by atoms with Crippen LogP contribution in [0.2, 0.25) is 0 Å². The van der Waals surface area contributed by atoms with Gasteiger partial charge in [-0.2, -0.15) is 4.31 Å². The van der Waals surface area contributed by atoms with Crippen molar-refractivity contribution in [1.29, 1.82) is 0 Å². The van der Waals surface area contributed by atoms with Crippen LogP contribution < -0.4 is 10.2 Å². The van der Waals surface area contributed by atoms with Crippen molar-refractivity contribution in [3.63, 3.8) is 0 Å². The van der Waals surface area contributed by atoms with E-state index in [0.717, 1.165) is 27.9 Å². The second-order valence-electron chi connectivity index (χ2n) is 8.82. The zero-order valence-electron chi connectivity index (χ0n) is 19.8. The number of piperidine rings is 1. The number of likely N-dealkylation sites (N-methyl/N-ethyl adjacent to an activating group) is 1. The Balaban J connectivity index is 1.56. The molecule has 0 unspecified atom stereocenters. The molecular formula is C25H35N3O3S. The topological polar surface area (TPSA) is 69.7 Å². The van der Waals surface area contributed by atoms with Gasteiger partial charge in [0.1, 0.15) is 0 Å². The van der Waals surface area contributed by atoms with Gasteiger partial charge in [0.05, 0.1) is 4.90 Å². The summed E-state index contributed by atoms with van der Waals surface area (Å²) in [7, 11) is -1.58. The van der Waals surface area contributed by atoms with Gasteiger partial charge in [0, 0.05) is 44.8 Å². The number of carbonyl (C=O) groups is 1. The average Bonchev–Trinajstić information content (AvgIpc) is 2.78. The highest BCUT2D eigenvalue weighted by Gasteiger charge is 2.34. The molecule has 0 bridgehead atoms. The number of nitrogens with one attached hydrogen (secondary N) is 1. The third kappa shape index (κ3) is 5.15. The molecule has 1 amide bonds. The van der Waals surface area contributed by atoms with E-state index in [-0.39, 0.29) is 11.8 Å². The number of aryl methyl sites for hydroxylation is 2. The number of sulfonamides is 1. The smallest absolute Gasteiger partial charge is 0.243 e. The lowest BCUT2D eigenvalue weighted by Gasteiger charge is -2.32. The molecule has 0 spiro atoms. The van der Waals surface area contributed by atoms with Crippen molar-refractivity contribution in [3.05, 3.63) is 58.7 Å². The number of hydrogen-bond acceptors (Lipinski definition) is 4. The summed E-state index contributed by atoms with van der Waals surface area (Å²) >= 11 is 0. The van der Waals surface area contributed by atoms with E-state index in [1.807, 2.05) is 71.1 Å². The van der Waals surface area contributed by atoms with E-state index >= 15 is 0 Å². The first kappa shape index (κ1) is 24.3. The van der Waals surface area contributed by atoms with Gasteiger partial charge in [-0.25, -0.2) is 8.42 Å². The van der Waals surface area contributed by atoms with E-state index in [2.05, 4.69) is 10.2 Å². The maximum absolute atomic E-state index is 13.4. The number of benzene rings is 2. The fraction of sp³-hybridized carbons (Fsp3) is 0.480. The van der Waals surface area contributed by atoms with Gasteiger partial charge in [-0.05, 0) is 74.9 Å². The highest BCUT2D eigenvalue weighted by Crippen LogP contribution is 2.31. The molecule has 1 aliphatic rings.